The second-order valence-electron chi connectivity index (χ2n) is 14.4. The molecule has 51 heavy (non-hydrogen) atoms. The van der Waals surface area contributed by atoms with Gasteiger partial charge in [0.25, 0.3) is 0 Å². The molecule has 0 bridgehead atoms. The maximum absolute atomic E-state index is 15.2. The number of benzene rings is 2. The number of likely N-dealkylation sites (tertiary alicyclic amines) is 1. The maximum Gasteiger partial charge on any atom is 0.407 e. The van der Waals surface area contributed by atoms with Gasteiger partial charge in [0.2, 0.25) is 5.91 Å². The monoisotopic (exact) mass is 701 g/mol. The van der Waals surface area contributed by atoms with E-state index in [1.807, 2.05) is 68.1 Å². The van der Waals surface area contributed by atoms with Crippen LogP contribution < -0.4 is 10.6 Å². The highest BCUT2D eigenvalue weighted by atomic mass is 19.1. The molecule has 0 radical (unpaired) electrons. The molecule has 0 spiro atoms. The molecule has 0 aliphatic carbocycles. The standard InChI is InChI=1S/C40H52FN5O5/c1-27-33-10-6-11-34(41)38(33)46(20-8-22-50-5)37(27)31-9-7-19-45(26-31)36(48)24-32(44-39(49)51-40(2,3)4)23-28-12-14-29(15-13-28)30-16-17-35(43-25-30)42-18-21-47/h6,10-17,25,31-32,47H,7-9,18-24,26H2,1-5H3,(H,42,43)(H,44,49)/t31-,32+/m0/s1. The number of para-hydroxylation sites is 1. The van der Waals surface area contributed by atoms with Gasteiger partial charge in [-0.05, 0) is 88.3 Å². The highest BCUT2D eigenvalue weighted by Crippen LogP contribution is 2.37. The zero-order valence-corrected chi connectivity index (χ0v) is 30.5. The molecule has 1 saturated heterocycles. The molecule has 2 amide bonds. The second kappa shape index (κ2) is 17.2. The highest BCUT2D eigenvalue weighted by molar-refractivity contribution is 5.86. The Labute approximate surface area is 300 Å². The van der Waals surface area contributed by atoms with Crippen molar-refractivity contribution in [2.45, 2.75) is 83.9 Å². The molecule has 0 unspecified atom stereocenters. The van der Waals surface area contributed by atoms with Crippen molar-refractivity contribution in [3.8, 4) is 11.1 Å². The fourth-order valence-corrected chi connectivity index (χ4v) is 7.07. The summed E-state index contributed by atoms with van der Waals surface area (Å²) in [5.74, 6) is 0.465. The largest absolute Gasteiger partial charge is 0.444 e. The van der Waals surface area contributed by atoms with Crippen LogP contribution in [-0.2, 0) is 27.2 Å². The van der Waals surface area contributed by atoms with Gasteiger partial charge in [0.05, 0.1) is 12.1 Å². The molecule has 2 aromatic carbocycles. The normalized spacial score (nSPS) is 15.5. The number of carbonyl (C=O) groups excluding carboxylic acids is 2. The Morgan fingerprint density at radius 1 is 1.10 bits per heavy atom. The number of hydrogen-bond acceptors (Lipinski definition) is 7. The Morgan fingerprint density at radius 2 is 1.86 bits per heavy atom. The number of amides is 2. The van der Waals surface area contributed by atoms with Crippen molar-refractivity contribution in [3.05, 3.63) is 83.4 Å². The van der Waals surface area contributed by atoms with Gasteiger partial charge in [0, 0.05) is 81.1 Å². The van der Waals surface area contributed by atoms with E-state index in [1.165, 1.54) is 6.07 Å². The molecule has 2 aromatic heterocycles. The van der Waals surface area contributed by atoms with Crippen molar-refractivity contribution < 1.29 is 28.6 Å². The summed E-state index contributed by atoms with van der Waals surface area (Å²) in [6.07, 6.45) is 4.26. The van der Waals surface area contributed by atoms with Crippen LogP contribution in [0.4, 0.5) is 15.0 Å². The third-order valence-electron chi connectivity index (χ3n) is 9.32. The third-order valence-corrected chi connectivity index (χ3v) is 9.32. The first-order chi connectivity index (χ1) is 24.5. The van der Waals surface area contributed by atoms with Gasteiger partial charge in [-0.3, -0.25) is 4.79 Å². The lowest BCUT2D eigenvalue weighted by molar-refractivity contribution is -0.132. The Hall–Kier alpha value is -4.48. The molecule has 10 nitrogen and oxygen atoms in total. The van der Waals surface area contributed by atoms with Crippen LogP contribution in [0.5, 0.6) is 0 Å². The van der Waals surface area contributed by atoms with E-state index in [2.05, 4.69) is 27.1 Å². The topological polar surface area (TPSA) is 118 Å². The molecular weight excluding hydrogens is 649 g/mol. The Kier molecular flexibility index (Phi) is 12.7. The second-order valence-corrected chi connectivity index (χ2v) is 14.4. The van der Waals surface area contributed by atoms with Crippen molar-refractivity contribution in [1.82, 2.24) is 19.8 Å². The van der Waals surface area contributed by atoms with Crippen LogP contribution in [-0.4, -0.2) is 83.2 Å². The number of aryl methyl sites for hydroxylation is 2. The van der Waals surface area contributed by atoms with Crippen LogP contribution in [0.1, 0.15) is 69.2 Å². The van der Waals surface area contributed by atoms with Crippen LogP contribution in [0.25, 0.3) is 22.0 Å². The van der Waals surface area contributed by atoms with E-state index in [-0.39, 0.29) is 30.7 Å². The van der Waals surface area contributed by atoms with Crippen LogP contribution in [0.3, 0.4) is 0 Å². The number of anilines is 1. The number of piperidine rings is 1. The zero-order chi connectivity index (χ0) is 36.5. The molecule has 1 aliphatic rings. The predicted molar refractivity (Wildman–Crippen MR) is 198 cm³/mol. The summed E-state index contributed by atoms with van der Waals surface area (Å²) in [6, 6.07) is 16.6. The predicted octanol–water partition coefficient (Wildman–Crippen LogP) is 6.82. The van der Waals surface area contributed by atoms with Crippen LogP contribution in [0, 0.1) is 12.7 Å². The molecule has 11 heteroatoms. The summed E-state index contributed by atoms with van der Waals surface area (Å²) >= 11 is 0. The van der Waals surface area contributed by atoms with Gasteiger partial charge < -0.3 is 34.7 Å². The lowest BCUT2D eigenvalue weighted by Gasteiger charge is -2.35. The van der Waals surface area contributed by atoms with Gasteiger partial charge in [-0.25, -0.2) is 14.2 Å². The molecule has 1 fully saturated rings. The summed E-state index contributed by atoms with van der Waals surface area (Å²) in [7, 11) is 1.67. The van der Waals surface area contributed by atoms with E-state index in [0.717, 1.165) is 52.6 Å². The quantitative estimate of drug-likeness (QED) is 0.124. The average molecular weight is 702 g/mol. The minimum atomic E-state index is -0.684. The molecule has 3 N–H and O–H groups in total. The van der Waals surface area contributed by atoms with Crippen LogP contribution >= 0.6 is 0 Å². The number of methoxy groups -OCH3 is 1. The number of nitrogens with zero attached hydrogens (tertiary/aromatic N) is 3. The number of nitrogens with one attached hydrogen (secondary N) is 2. The number of aromatic nitrogens is 2. The van der Waals surface area contributed by atoms with E-state index in [1.54, 1.807) is 19.4 Å². The van der Waals surface area contributed by atoms with Crippen molar-refractivity contribution in [1.29, 1.82) is 0 Å². The molecule has 2 atom stereocenters. The number of fused-ring (bicyclic) bond motifs is 1. The first-order valence-electron chi connectivity index (χ1n) is 17.9. The summed E-state index contributed by atoms with van der Waals surface area (Å²) < 4.78 is 28.2. The molecular formula is C40H52FN5O5. The SMILES string of the molecule is COCCCn1c([C@H]2CCCN(C(=O)C[C@@H](Cc3ccc(-c4ccc(NCCO)nc4)cc3)NC(=O)OC(C)(C)C)C2)c(C)c2cccc(F)c21. The van der Waals surface area contributed by atoms with Gasteiger partial charge in [0.15, 0.2) is 0 Å². The molecule has 1 aliphatic heterocycles. The zero-order valence-electron chi connectivity index (χ0n) is 30.5. The number of pyridine rings is 1. The summed E-state index contributed by atoms with van der Waals surface area (Å²) in [4.78, 5) is 33.3. The smallest absolute Gasteiger partial charge is 0.407 e. The van der Waals surface area contributed by atoms with E-state index in [4.69, 9.17) is 14.6 Å². The van der Waals surface area contributed by atoms with Gasteiger partial charge >= 0.3 is 6.09 Å². The third kappa shape index (κ3) is 9.86. The summed E-state index contributed by atoms with van der Waals surface area (Å²) in [5.41, 5.74) is 4.97. The van der Waals surface area contributed by atoms with Gasteiger partial charge in [-0.15, -0.1) is 0 Å². The Bertz CT molecular complexity index is 1770. The van der Waals surface area contributed by atoms with Crippen LogP contribution in [0.2, 0.25) is 0 Å². The number of halogens is 1. The minimum Gasteiger partial charge on any atom is -0.444 e. The Balaban J connectivity index is 1.32. The molecule has 0 saturated carbocycles. The fourth-order valence-electron chi connectivity index (χ4n) is 7.07. The van der Waals surface area contributed by atoms with E-state index in [0.29, 0.717) is 50.5 Å². The lowest BCUT2D eigenvalue weighted by atomic mass is 9.91. The van der Waals surface area contributed by atoms with Gasteiger partial charge in [-0.2, -0.15) is 0 Å². The average Bonchev–Trinajstić information content (AvgIpc) is 3.39. The lowest BCUT2D eigenvalue weighted by Crippen LogP contribution is -2.46. The number of hydrogen-bond donors (Lipinski definition) is 3. The van der Waals surface area contributed by atoms with E-state index in [9.17, 15) is 9.59 Å². The number of aliphatic hydroxyl groups is 1. The molecule has 274 valence electrons. The number of ether oxygens (including phenoxy) is 2. The van der Waals surface area contributed by atoms with Crippen molar-refractivity contribution in [2.75, 3.05) is 45.3 Å². The van der Waals surface area contributed by atoms with Gasteiger partial charge in [0.1, 0.15) is 17.2 Å². The number of carbonyl (C=O) groups is 2. The minimum absolute atomic E-state index is 0.0305. The Morgan fingerprint density at radius 3 is 2.55 bits per heavy atom. The fraction of sp³-hybridized carbons (Fsp3) is 0.475. The molecule has 3 heterocycles. The van der Waals surface area contributed by atoms with Crippen molar-refractivity contribution >= 4 is 28.7 Å². The first kappa shape index (κ1) is 37.8. The highest BCUT2D eigenvalue weighted by Gasteiger charge is 2.31. The van der Waals surface area contributed by atoms with E-state index < -0.39 is 17.7 Å². The molecule has 5 rings (SSSR count). The number of rotatable bonds is 14. The molecule has 4 aromatic rings. The number of aliphatic hydroxyl groups excluding tert-OH is 1. The maximum atomic E-state index is 15.2. The van der Waals surface area contributed by atoms with Gasteiger partial charge in [-0.1, -0.05) is 36.4 Å². The van der Waals surface area contributed by atoms with Crippen LogP contribution in [0.15, 0.2) is 60.8 Å². The van der Waals surface area contributed by atoms with E-state index >= 15 is 4.39 Å². The van der Waals surface area contributed by atoms with Crippen molar-refractivity contribution in [2.24, 2.45) is 0 Å². The number of alkyl carbamates (subject to hydrolysis) is 1. The summed E-state index contributed by atoms with van der Waals surface area (Å²) in [6.45, 7) is 10.3. The summed E-state index contributed by atoms with van der Waals surface area (Å²) in [5, 5.41) is 16.0. The van der Waals surface area contributed by atoms with Crippen molar-refractivity contribution in [3.63, 3.8) is 0 Å². The first-order valence-corrected chi connectivity index (χ1v) is 17.9.